The molecule has 0 radical (unpaired) electrons. The number of hydrogen-bond acceptors (Lipinski definition) is 2. The van der Waals surface area contributed by atoms with Crippen molar-refractivity contribution in [3.05, 3.63) is 77.0 Å². The van der Waals surface area contributed by atoms with Gasteiger partial charge in [-0.2, -0.15) is 5.10 Å². The maximum Gasteiger partial charge on any atom is 0.229 e. The summed E-state index contributed by atoms with van der Waals surface area (Å²) < 4.78 is 1.79. The van der Waals surface area contributed by atoms with Gasteiger partial charge in [0.2, 0.25) is 5.91 Å². The van der Waals surface area contributed by atoms with Gasteiger partial charge in [0.15, 0.2) is 0 Å². The molecule has 1 N–H and O–H groups in total. The molecule has 2 aromatic carbocycles. The molecule has 0 saturated carbocycles. The van der Waals surface area contributed by atoms with E-state index in [1.807, 2.05) is 43.3 Å². The Labute approximate surface area is 142 Å². The number of nitrogens with zero attached hydrogens (tertiary/aromatic N) is 2. The quantitative estimate of drug-likeness (QED) is 0.790. The van der Waals surface area contributed by atoms with Crippen LogP contribution in [0.4, 0.5) is 5.82 Å². The molecule has 0 atom stereocenters. The second kappa shape index (κ2) is 6.71. The summed E-state index contributed by atoms with van der Waals surface area (Å²) in [5, 5.41) is 7.50. The lowest BCUT2D eigenvalue weighted by Gasteiger charge is -2.10. The summed E-state index contributed by atoms with van der Waals surface area (Å²) in [6.07, 6.45) is 0.345. The van der Waals surface area contributed by atoms with Gasteiger partial charge in [0.1, 0.15) is 5.82 Å². The summed E-state index contributed by atoms with van der Waals surface area (Å²) in [5.41, 5.74) is 5.14. The first kappa shape index (κ1) is 16.0. The van der Waals surface area contributed by atoms with Crippen molar-refractivity contribution in [3.63, 3.8) is 0 Å². The van der Waals surface area contributed by atoms with Crippen molar-refractivity contribution in [2.45, 2.75) is 27.2 Å². The molecular formula is C20H21N3O. The Hall–Kier alpha value is -2.88. The van der Waals surface area contributed by atoms with E-state index < -0.39 is 0 Å². The van der Waals surface area contributed by atoms with Gasteiger partial charge in [-0.1, -0.05) is 36.4 Å². The summed E-state index contributed by atoms with van der Waals surface area (Å²) >= 11 is 0. The Morgan fingerprint density at radius 3 is 2.33 bits per heavy atom. The Bertz CT molecular complexity index is 846. The van der Waals surface area contributed by atoms with Crippen LogP contribution in [-0.2, 0) is 11.2 Å². The zero-order valence-electron chi connectivity index (χ0n) is 14.2. The maximum absolute atomic E-state index is 12.4. The number of anilines is 1. The summed E-state index contributed by atoms with van der Waals surface area (Å²) in [6.45, 7) is 6.03. The molecule has 0 unspecified atom stereocenters. The van der Waals surface area contributed by atoms with E-state index in [0.717, 1.165) is 16.9 Å². The molecule has 0 saturated heterocycles. The molecule has 0 aliphatic heterocycles. The first-order valence-electron chi connectivity index (χ1n) is 8.00. The van der Waals surface area contributed by atoms with E-state index in [4.69, 9.17) is 0 Å². The third-order valence-electron chi connectivity index (χ3n) is 3.76. The van der Waals surface area contributed by atoms with Gasteiger partial charge in [-0.25, -0.2) is 4.68 Å². The lowest BCUT2D eigenvalue weighted by molar-refractivity contribution is -0.115. The molecule has 1 aromatic heterocycles. The smallest absolute Gasteiger partial charge is 0.229 e. The fraction of sp³-hybridized carbons (Fsp3) is 0.200. The van der Waals surface area contributed by atoms with Crippen molar-refractivity contribution in [3.8, 4) is 5.69 Å². The van der Waals surface area contributed by atoms with Gasteiger partial charge in [-0.15, -0.1) is 0 Å². The van der Waals surface area contributed by atoms with Crippen molar-refractivity contribution < 1.29 is 4.79 Å². The minimum Gasteiger partial charge on any atom is -0.310 e. The monoisotopic (exact) mass is 319 g/mol. The number of aryl methyl sites for hydroxylation is 3. The molecule has 24 heavy (non-hydrogen) atoms. The molecule has 3 aromatic rings. The fourth-order valence-electron chi connectivity index (χ4n) is 2.83. The van der Waals surface area contributed by atoms with E-state index in [-0.39, 0.29) is 5.91 Å². The van der Waals surface area contributed by atoms with Gasteiger partial charge in [-0.3, -0.25) is 4.79 Å². The number of rotatable bonds is 4. The Morgan fingerprint density at radius 1 is 1.00 bits per heavy atom. The highest BCUT2D eigenvalue weighted by molar-refractivity contribution is 5.91. The average Bonchev–Trinajstić information content (AvgIpc) is 2.87. The number of amides is 1. The normalized spacial score (nSPS) is 10.6. The molecule has 0 fully saturated rings. The van der Waals surface area contributed by atoms with E-state index >= 15 is 0 Å². The average molecular weight is 319 g/mol. The number of benzene rings is 2. The topological polar surface area (TPSA) is 46.9 Å². The maximum atomic E-state index is 12.4. The van der Waals surface area contributed by atoms with E-state index in [1.54, 1.807) is 4.68 Å². The largest absolute Gasteiger partial charge is 0.310 e. The first-order chi connectivity index (χ1) is 11.5. The van der Waals surface area contributed by atoms with E-state index in [0.29, 0.717) is 12.2 Å². The third kappa shape index (κ3) is 3.71. The lowest BCUT2D eigenvalue weighted by atomic mass is 10.1. The van der Waals surface area contributed by atoms with E-state index in [2.05, 4.69) is 42.5 Å². The van der Waals surface area contributed by atoms with Crippen LogP contribution in [0.2, 0.25) is 0 Å². The zero-order valence-corrected chi connectivity index (χ0v) is 14.2. The van der Waals surface area contributed by atoms with Gasteiger partial charge in [0.05, 0.1) is 17.8 Å². The summed E-state index contributed by atoms with van der Waals surface area (Å²) in [5.74, 6) is 0.644. The molecule has 4 heteroatoms. The molecule has 0 aliphatic rings. The summed E-state index contributed by atoms with van der Waals surface area (Å²) in [4.78, 5) is 12.4. The number of nitrogens with one attached hydrogen (secondary N) is 1. The van der Waals surface area contributed by atoms with E-state index in [9.17, 15) is 4.79 Å². The highest BCUT2D eigenvalue weighted by Gasteiger charge is 2.12. The van der Waals surface area contributed by atoms with Crippen LogP contribution >= 0.6 is 0 Å². The van der Waals surface area contributed by atoms with Gasteiger partial charge in [0.25, 0.3) is 0 Å². The van der Waals surface area contributed by atoms with Crippen LogP contribution in [0.3, 0.4) is 0 Å². The molecule has 3 rings (SSSR count). The SMILES string of the molecule is Cc1cc(C)cc(-n2nc(C)cc2NC(=O)Cc2ccccc2)c1. The molecule has 1 heterocycles. The molecule has 122 valence electrons. The van der Waals surface area contributed by atoms with Crippen LogP contribution in [0.15, 0.2) is 54.6 Å². The predicted octanol–water partition coefficient (Wildman–Crippen LogP) is 3.98. The van der Waals surface area contributed by atoms with Crippen LogP contribution in [0.25, 0.3) is 5.69 Å². The summed E-state index contributed by atoms with van der Waals surface area (Å²) in [7, 11) is 0. The standard InChI is InChI=1S/C20H21N3O/c1-14-9-15(2)11-18(10-14)23-19(12-16(3)22-23)21-20(24)13-17-7-5-4-6-8-17/h4-12H,13H2,1-3H3,(H,21,24). The zero-order chi connectivity index (χ0) is 17.1. The van der Waals surface area contributed by atoms with Crippen molar-refractivity contribution >= 4 is 11.7 Å². The number of hydrogen-bond donors (Lipinski definition) is 1. The van der Waals surface area contributed by atoms with Gasteiger partial charge in [0, 0.05) is 6.07 Å². The Morgan fingerprint density at radius 2 is 1.67 bits per heavy atom. The highest BCUT2D eigenvalue weighted by atomic mass is 16.1. The van der Waals surface area contributed by atoms with Crippen LogP contribution in [0.5, 0.6) is 0 Å². The van der Waals surface area contributed by atoms with Crippen molar-refractivity contribution in [2.75, 3.05) is 5.32 Å². The van der Waals surface area contributed by atoms with Crippen LogP contribution in [0, 0.1) is 20.8 Å². The van der Waals surface area contributed by atoms with Crippen molar-refractivity contribution in [1.29, 1.82) is 0 Å². The minimum absolute atomic E-state index is 0.0493. The number of aromatic nitrogens is 2. The second-order valence-corrected chi connectivity index (χ2v) is 6.14. The molecular weight excluding hydrogens is 298 g/mol. The minimum atomic E-state index is -0.0493. The lowest BCUT2D eigenvalue weighted by Crippen LogP contribution is -2.17. The van der Waals surface area contributed by atoms with Crippen molar-refractivity contribution in [1.82, 2.24) is 9.78 Å². The molecule has 0 spiro atoms. The Balaban J connectivity index is 1.85. The predicted molar refractivity (Wildman–Crippen MR) is 96.6 cm³/mol. The summed E-state index contributed by atoms with van der Waals surface area (Å²) in [6, 6.07) is 17.9. The van der Waals surface area contributed by atoms with Crippen LogP contribution in [-0.4, -0.2) is 15.7 Å². The van der Waals surface area contributed by atoms with Crippen molar-refractivity contribution in [2.24, 2.45) is 0 Å². The van der Waals surface area contributed by atoms with Gasteiger partial charge in [-0.05, 0) is 49.6 Å². The third-order valence-corrected chi connectivity index (χ3v) is 3.76. The molecule has 0 aliphatic carbocycles. The van der Waals surface area contributed by atoms with Gasteiger partial charge >= 0.3 is 0 Å². The molecule has 1 amide bonds. The fourth-order valence-corrected chi connectivity index (χ4v) is 2.83. The highest BCUT2D eigenvalue weighted by Crippen LogP contribution is 2.20. The second-order valence-electron chi connectivity index (χ2n) is 6.14. The molecule has 0 bridgehead atoms. The number of carbonyl (C=O) groups excluding carboxylic acids is 1. The van der Waals surface area contributed by atoms with Gasteiger partial charge < -0.3 is 5.32 Å². The van der Waals surface area contributed by atoms with Crippen LogP contribution < -0.4 is 5.32 Å². The van der Waals surface area contributed by atoms with E-state index in [1.165, 1.54) is 11.1 Å². The number of carbonyl (C=O) groups is 1. The Kier molecular flexibility index (Phi) is 4.47. The van der Waals surface area contributed by atoms with Crippen LogP contribution in [0.1, 0.15) is 22.4 Å². The molecule has 4 nitrogen and oxygen atoms in total. The first-order valence-corrected chi connectivity index (χ1v) is 8.00.